The second-order valence-corrected chi connectivity index (χ2v) is 5.28. The maximum atomic E-state index is 11.7. The third-order valence-corrected chi connectivity index (χ3v) is 4.10. The van der Waals surface area contributed by atoms with Crippen LogP contribution in [0.1, 0.15) is 11.1 Å². The molecule has 1 aromatic rings. The van der Waals surface area contributed by atoms with Gasteiger partial charge in [-0.05, 0) is 6.92 Å². The fraction of sp³-hybridized carbons (Fsp3) is 0.600. The highest BCUT2D eigenvalue weighted by Gasteiger charge is 2.36. The van der Waals surface area contributed by atoms with Crippen LogP contribution in [0, 0.1) is 6.92 Å². The molecule has 0 amide bonds. The van der Waals surface area contributed by atoms with Crippen molar-refractivity contribution in [1.82, 2.24) is 9.55 Å². The van der Waals surface area contributed by atoms with Crippen LogP contribution in [0.15, 0.2) is 15.8 Å². The van der Waals surface area contributed by atoms with Crippen molar-refractivity contribution in [3.05, 3.63) is 32.6 Å². The summed E-state index contributed by atoms with van der Waals surface area (Å²) in [6.45, 7) is 1.21. The minimum absolute atomic E-state index is 0.149. The average Bonchev–Trinajstić information content (AvgIpc) is 2.76. The average molecular weight is 274 g/mol. The van der Waals surface area contributed by atoms with Crippen molar-refractivity contribution >= 4 is 11.8 Å². The summed E-state index contributed by atoms with van der Waals surface area (Å²) in [4.78, 5) is 25.1. The van der Waals surface area contributed by atoms with E-state index in [1.165, 1.54) is 22.5 Å². The van der Waals surface area contributed by atoms with Crippen LogP contribution in [0.5, 0.6) is 0 Å². The van der Waals surface area contributed by atoms with E-state index in [1.807, 2.05) is 0 Å². The molecule has 0 aromatic carbocycles. The van der Waals surface area contributed by atoms with E-state index < -0.39 is 22.9 Å². The molecule has 0 unspecified atom stereocenters. The second kappa shape index (κ2) is 5.27. The van der Waals surface area contributed by atoms with Crippen LogP contribution in [0.3, 0.4) is 0 Å². The quantitative estimate of drug-likeness (QED) is 0.638. The molecule has 2 heterocycles. The van der Waals surface area contributed by atoms with Crippen LogP contribution in [0.2, 0.25) is 0 Å². The Morgan fingerprint density at radius 1 is 1.44 bits per heavy atom. The van der Waals surface area contributed by atoms with Crippen LogP contribution < -0.4 is 11.2 Å². The zero-order valence-electron chi connectivity index (χ0n) is 9.70. The minimum atomic E-state index is -0.651. The molecule has 7 nitrogen and oxygen atoms in total. The molecule has 3 N–H and O–H groups in total. The number of aliphatic hydroxyl groups is 2. The molecule has 8 heteroatoms. The molecule has 0 aliphatic carbocycles. The van der Waals surface area contributed by atoms with E-state index in [1.54, 1.807) is 6.92 Å². The number of hydrogen-bond donors (Lipinski definition) is 3. The molecule has 0 bridgehead atoms. The van der Waals surface area contributed by atoms with Gasteiger partial charge in [-0.15, -0.1) is 0 Å². The topological polar surface area (TPSA) is 105 Å². The summed E-state index contributed by atoms with van der Waals surface area (Å²) in [5, 5.41) is 18.0. The normalized spacial score (nSPS) is 27.6. The number of aliphatic hydroxyl groups excluding tert-OH is 2. The molecule has 100 valence electrons. The van der Waals surface area contributed by atoms with Crippen molar-refractivity contribution in [2.24, 2.45) is 0 Å². The first kappa shape index (κ1) is 13.3. The Morgan fingerprint density at radius 2 is 2.17 bits per heavy atom. The Bertz CT molecular complexity index is 528. The Morgan fingerprint density at radius 3 is 2.72 bits per heavy atom. The Hall–Kier alpha value is -1.09. The zero-order valence-corrected chi connectivity index (χ0v) is 10.5. The summed E-state index contributed by atoms with van der Waals surface area (Å²) < 4.78 is 6.72. The van der Waals surface area contributed by atoms with E-state index in [2.05, 4.69) is 4.98 Å². The molecule has 1 saturated heterocycles. The van der Waals surface area contributed by atoms with Crippen molar-refractivity contribution in [3.63, 3.8) is 0 Å². The van der Waals surface area contributed by atoms with Crippen molar-refractivity contribution in [2.45, 2.75) is 23.8 Å². The van der Waals surface area contributed by atoms with Crippen LogP contribution >= 0.6 is 11.8 Å². The van der Waals surface area contributed by atoms with Gasteiger partial charge in [-0.25, -0.2) is 4.79 Å². The first-order valence-electron chi connectivity index (χ1n) is 5.41. The number of nitrogens with one attached hydrogen (secondary N) is 1. The summed E-state index contributed by atoms with van der Waals surface area (Å²) in [6.07, 6.45) is 0.886. The van der Waals surface area contributed by atoms with Crippen molar-refractivity contribution in [2.75, 3.05) is 13.2 Å². The lowest BCUT2D eigenvalue weighted by atomic mass is 10.3. The molecule has 1 aliphatic rings. The second-order valence-electron chi connectivity index (χ2n) is 4.00. The highest BCUT2D eigenvalue weighted by atomic mass is 32.2. The zero-order chi connectivity index (χ0) is 13.3. The van der Waals surface area contributed by atoms with Crippen LogP contribution in [0.4, 0.5) is 0 Å². The molecule has 0 saturated carbocycles. The fourth-order valence-corrected chi connectivity index (χ4v) is 2.91. The van der Waals surface area contributed by atoms with Crippen molar-refractivity contribution < 1.29 is 14.9 Å². The molecule has 2 rings (SSSR count). The summed E-state index contributed by atoms with van der Waals surface area (Å²) in [5.74, 6) is 0. The number of aryl methyl sites for hydroxylation is 1. The lowest BCUT2D eigenvalue weighted by Gasteiger charge is -2.13. The molecule has 1 fully saturated rings. The van der Waals surface area contributed by atoms with Gasteiger partial charge in [0.15, 0.2) is 5.56 Å². The summed E-state index contributed by atoms with van der Waals surface area (Å²) in [7, 11) is 0. The Labute approximate surface area is 106 Å². The maximum absolute atomic E-state index is 11.7. The molecule has 0 spiro atoms. The van der Waals surface area contributed by atoms with E-state index in [9.17, 15) is 9.59 Å². The van der Waals surface area contributed by atoms with Gasteiger partial charge in [0.05, 0.1) is 24.6 Å². The molecule has 0 radical (unpaired) electrons. The van der Waals surface area contributed by atoms with E-state index >= 15 is 0 Å². The van der Waals surface area contributed by atoms with Gasteiger partial charge < -0.3 is 14.9 Å². The third kappa shape index (κ3) is 2.37. The standard InChI is InChI=1S/C10H14N2O5S/c1-5-2-12(9(16)11-8(5)15)10-17-6(3-13)7(4-14)18-10/h2,6-7,10,13-14H,3-4H2,1H3,(H,11,15,16)/t6-,7-,10-/m1/s1. The van der Waals surface area contributed by atoms with Crippen molar-refractivity contribution in [1.29, 1.82) is 0 Å². The van der Waals surface area contributed by atoms with Crippen LogP contribution in [-0.2, 0) is 4.74 Å². The van der Waals surface area contributed by atoms with Gasteiger partial charge in [-0.1, -0.05) is 11.8 Å². The number of nitrogens with zero attached hydrogens (tertiary/aromatic N) is 1. The highest BCUT2D eigenvalue weighted by Crippen LogP contribution is 2.38. The summed E-state index contributed by atoms with van der Waals surface area (Å²) >= 11 is 1.23. The number of hydrogen-bond acceptors (Lipinski definition) is 6. The number of aromatic amines is 1. The van der Waals surface area contributed by atoms with Gasteiger partial charge in [0.1, 0.15) is 0 Å². The van der Waals surface area contributed by atoms with Crippen LogP contribution in [0.25, 0.3) is 0 Å². The van der Waals surface area contributed by atoms with Gasteiger partial charge >= 0.3 is 5.69 Å². The maximum Gasteiger partial charge on any atom is 0.331 e. The summed E-state index contributed by atoms with van der Waals surface area (Å²) in [5.41, 5.74) is -1.26. The summed E-state index contributed by atoms with van der Waals surface area (Å²) in [6, 6.07) is 0. The fourth-order valence-electron chi connectivity index (χ4n) is 1.70. The molecular formula is C10H14N2O5S. The first-order valence-corrected chi connectivity index (χ1v) is 6.35. The van der Waals surface area contributed by atoms with Gasteiger partial charge in [0, 0.05) is 11.8 Å². The van der Waals surface area contributed by atoms with E-state index in [0.717, 1.165) is 0 Å². The Kier molecular flexibility index (Phi) is 3.91. The highest BCUT2D eigenvalue weighted by molar-refractivity contribution is 8.00. The predicted molar refractivity (Wildman–Crippen MR) is 65.5 cm³/mol. The number of H-pyrrole nitrogens is 1. The van der Waals surface area contributed by atoms with E-state index in [4.69, 9.17) is 14.9 Å². The molecule has 18 heavy (non-hydrogen) atoms. The lowest BCUT2D eigenvalue weighted by Crippen LogP contribution is -2.33. The van der Waals surface area contributed by atoms with Gasteiger partial charge in [-0.2, -0.15) is 0 Å². The van der Waals surface area contributed by atoms with Gasteiger partial charge in [0.25, 0.3) is 5.56 Å². The molecule has 1 aromatic heterocycles. The van der Waals surface area contributed by atoms with Gasteiger partial charge in [0.2, 0.25) is 0 Å². The monoisotopic (exact) mass is 274 g/mol. The third-order valence-electron chi connectivity index (χ3n) is 2.73. The number of ether oxygens (including phenoxy) is 1. The van der Waals surface area contributed by atoms with Gasteiger partial charge in [-0.3, -0.25) is 14.3 Å². The lowest BCUT2D eigenvalue weighted by molar-refractivity contribution is -0.0191. The molecule has 3 atom stereocenters. The number of rotatable bonds is 3. The minimum Gasteiger partial charge on any atom is -0.395 e. The van der Waals surface area contributed by atoms with Crippen LogP contribution in [-0.4, -0.2) is 44.3 Å². The smallest absolute Gasteiger partial charge is 0.331 e. The van der Waals surface area contributed by atoms with Crippen molar-refractivity contribution in [3.8, 4) is 0 Å². The first-order chi connectivity index (χ1) is 8.56. The van der Waals surface area contributed by atoms with E-state index in [-0.39, 0.29) is 18.5 Å². The SMILES string of the molecule is Cc1cn([C@@H]2O[C@H](CO)[C@@H](CO)S2)c(=O)[nH]c1=O. The largest absolute Gasteiger partial charge is 0.395 e. The Balaban J connectivity index is 2.31. The number of aromatic nitrogens is 2. The predicted octanol–water partition coefficient (Wildman–Crippen LogP) is -1.21. The van der Waals surface area contributed by atoms with E-state index in [0.29, 0.717) is 5.56 Å². The molecule has 1 aliphatic heterocycles. The molecular weight excluding hydrogens is 260 g/mol. The number of thioether (sulfide) groups is 1.